The molecule has 31 heavy (non-hydrogen) atoms. The highest BCUT2D eigenvalue weighted by atomic mass is 16.5. The zero-order chi connectivity index (χ0) is 22.1. The number of ether oxygens (including phenoxy) is 2. The molecule has 0 spiro atoms. The van der Waals surface area contributed by atoms with Crippen molar-refractivity contribution < 1.29 is 19.4 Å². The Kier molecular flexibility index (Phi) is 7.82. The molecule has 0 bridgehead atoms. The molecule has 0 atom stereocenters. The molecular formula is C26H27NO4. The van der Waals surface area contributed by atoms with Crippen LogP contribution in [0.15, 0.2) is 71.7 Å². The Balaban J connectivity index is 1.66. The number of carboxylic acid groups (broad SMARTS) is 1. The van der Waals surface area contributed by atoms with E-state index in [0.717, 1.165) is 23.2 Å². The average molecular weight is 418 g/mol. The number of aryl methyl sites for hydroxylation is 1. The fourth-order valence-corrected chi connectivity index (χ4v) is 3.12. The first-order chi connectivity index (χ1) is 15.1. The van der Waals surface area contributed by atoms with Crippen LogP contribution in [0.3, 0.4) is 0 Å². The number of methoxy groups -OCH3 is 1. The van der Waals surface area contributed by atoms with Gasteiger partial charge >= 0.3 is 5.97 Å². The highest BCUT2D eigenvalue weighted by molar-refractivity contribution is 5.87. The minimum Gasteiger partial charge on any atom is -0.493 e. The molecule has 0 aliphatic heterocycles. The molecule has 160 valence electrons. The normalized spacial score (nSPS) is 10.9. The Morgan fingerprint density at radius 2 is 1.81 bits per heavy atom. The molecule has 0 unspecified atom stereocenters. The van der Waals surface area contributed by atoms with Crippen LogP contribution < -0.4 is 9.47 Å². The Bertz CT molecular complexity index is 1040. The van der Waals surface area contributed by atoms with Crippen LogP contribution in [0.5, 0.6) is 11.5 Å². The van der Waals surface area contributed by atoms with Gasteiger partial charge in [-0.1, -0.05) is 37.6 Å². The van der Waals surface area contributed by atoms with E-state index >= 15 is 0 Å². The van der Waals surface area contributed by atoms with Crippen molar-refractivity contribution >= 4 is 17.9 Å². The van der Waals surface area contributed by atoms with Crippen molar-refractivity contribution in [2.24, 2.45) is 4.99 Å². The third kappa shape index (κ3) is 6.44. The van der Waals surface area contributed by atoms with Gasteiger partial charge in [-0.3, -0.25) is 4.99 Å². The maximum atomic E-state index is 11.1. The molecule has 0 amide bonds. The number of unbranched alkanes of at least 4 members (excludes halogenated alkanes) is 1. The summed E-state index contributed by atoms with van der Waals surface area (Å²) in [6.07, 6.45) is 5.28. The molecule has 0 saturated heterocycles. The first-order valence-electron chi connectivity index (χ1n) is 10.3. The minimum atomic E-state index is -0.960. The van der Waals surface area contributed by atoms with Crippen LogP contribution in [0.25, 0.3) is 0 Å². The summed E-state index contributed by atoms with van der Waals surface area (Å²) >= 11 is 0. The third-order valence-corrected chi connectivity index (χ3v) is 4.87. The van der Waals surface area contributed by atoms with Gasteiger partial charge in [-0.25, -0.2) is 4.79 Å². The number of nitrogens with zero attached hydrogens (tertiary/aromatic N) is 1. The van der Waals surface area contributed by atoms with Crippen LogP contribution in [-0.4, -0.2) is 24.4 Å². The highest BCUT2D eigenvalue weighted by Gasteiger charge is 2.08. The van der Waals surface area contributed by atoms with E-state index < -0.39 is 5.97 Å². The maximum absolute atomic E-state index is 11.1. The number of aromatic carboxylic acids is 1. The predicted octanol–water partition coefficient (Wildman–Crippen LogP) is 6.07. The van der Waals surface area contributed by atoms with Gasteiger partial charge in [-0.2, -0.15) is 0 Å². The number of benzene rings is 3. The second-order valence-corrected chi connectivity index (χ2v) is 7.23. The molecule has 5 heteroatoms. The Morgan fingerprint density at radius 1 is 1.00 bits per heavy atom. The summed E-state index contributed by atoms with van der Waals surface area (Å²) in [5.74, 6) is 0.215. The van der Waals surface area contributed by atoms with Gasteiger partial charge in [0.25, 0.3) is 0 Å². The Labute approximate surface area is 183 Å². The first-order valence-corrected chi connectivity index (χ1v) is 10.3. The zero-order valence-corrected chi connectivity index (χ0v) is 17.9. The summed E-state index contributed by atoms with van der Waals surface area (Å²) in [6, 6.07) is 20.6. The van der Waals surface area contributed by atoms with Crippen molar-refractivity contribution in [3.8, 4) is 11.5 Å². The predicted molar refractivity (Wildman–Crippen MR) is 123 cm³/mol. The van der Waals surface area contributed by atoms with Crippen molar-refractivity contribution in [2.75, 3.05) is 7.11 Å². The molecule has 0 fully saturated rings. The topological polar surface area (TPSA) is 68.1 Å². The molecule has 5 nitrogen and oxygen atoms in total. The van der Waals surface area contributed by atoms with Gasteiger partial charge in [0.05, 0.1) is 18.4 Å². The van der Waals surface area contributed by atoms with Crippen molar-refractivity contribution in [3.05, 3.63) is 89.0 Å². The van der Waals surface area contributed by atoms with Crippen LogP contribution >= 0.6 is 0 Å². The largest absolute Gasteiger partial charge is 0.493 e. The maximum Gasteiger partial charge on any atom is 0.335 e. The molecule has 0 aliphatic carbocycles. The molecule has 3 aromatic carbocycles. The number of hydrogen-bond acceptors (Lipinski definition) is 4. The van der Waals surface area contributed by atoms with Crippen LogP contribution in [0.4, 0.5) is 5.69 Å². The molecule has 3 rings (SSSR count). The van der Waals surface area contributed by atoms with E-state index in [1.54, 1.807) is 31.5 Å². The second kappa shape index (κ2) is 11.0. The van der Waals surface area contributed by atoms with E-state index in [-0.39, 0.29) is 12.2 Å². The van der Waals surface area contributed by atoms with Gasteiger partial charge in [-0.15, -0.1) is 0 Å². The van der Waals surface area contributed by atoms with E-state index in [0.29, 0.717) is 11.5 Å². The molecule has 0 radical (unpaired) electrons. The first kappa shape index (κ1) is 22.1. The summed E-state index contributed by atoms with van der Waals surface area (Å²) in [7, 11) is 1.59. The van der Waals surface area contributed by atoms with Gasteiger partial charge in [0.1, 0.15) is 6.61 Å². The second-order valence-electron chi connectivity index (χ2n) is 7.23. The van der Waals surface area contributed by atoms with E-state index in [9.17, 15) is 4.79 Å². The van der Waals surface area contributed by atoms with Crippen LogP contribution in [-0.2, 0) is 13.0 Å². The molecule has 0 heterocycles. The van der Waals surface area contributed by atoms with E-state index in [2.05, 4.69) is 24.0 Å². The van der Waals surface area contributed by atoms with E-state index in [4.69, 9.17) is 14.6 Å². The van der Waals surface area contributed by atoms with Crippen LogP contribution in [0, 0.1) is 0 Å². The van der Waals surface area contributed by atoms with Gasteiger partial charge in [0.15, 0.2) is 11.5 Å². The number of carbonyl (C=O) groups is 1. The fourth-order valence-electron chi connectivity index (χ4n) is 3.12. The molecule has 0 aromatic heterocycles. The van der Waals surface area contributed by atoms with E-state index in [1.807, 2.05) is 36.4 Å². The van der Waals surface area contributed by atoms with Gasteiger partial charge < -0.3 is 14.6 Å². The number of hydrogen-bond donors (Lipinski definition) is 1. The van der Waals surface area contributed by atoms with Crippen molar-refractivity contribution in [3.63, 3.8) is 0 Å². The lowest BCUT2D eigenvalue weighted by Gasteiger charge is -2.11. The zero-order valence-electron chi connectivity index (χ0n) is 17.9. The number of rotatable bonds is 10. The number of carboxylic acids is 1. The molecule has 0 aliphatic rings. The van der Waals surface area contributed by atoms with E-state index in [1.165, 1.54) is 18.4 Å². The lowest BCUT2D eigenvalue weighted by atomic mass is 10.1. The summed E-state index contributed by atoms with van der Waals surface area (Å²) in [4.78, 5) is 15.7. The Morgan fingerprint density at radius 3 is 2.52 bits per heavy atom. The molecule has 3 aromatic rings. The SMILES string of the molecule is CCCCc1ccc(N=Cc2ccc(OCc3cccc(C(=O)O)c3)c(OC)c2)cc1. The summed E-state index contributed by atoms with van der Waals surface area (Å²) in [5, 5.41) is 9.11. The summed E-state index contributed by atoms with van der Waals surface area (Å²) < 4.78 is 11.3. The average Bonchev–Trinajstić information content (AvgIpc) is 2.81. The number of aliphatic imine (C=N–C) groups is 1. The van der Waals surface area contributed by atoms with Gasteiger partial charge in [0.2, 0.25) is 0 Å². The summed E-state index contributed by atoms with van der Waals surface area (Å²) in [5.41, 5.74) is 4.14. The summed E-state index contributed by atoms with van der Waals surface area (Å²) in [6.45, 7) is 2.44. The molecular weight excluding hydrogens is 390 g/mol. The smallest absolute Gasteiger partial charge is 0.335 e. The van der Waals surface area contributed by atoms with Crippen LogP contribution in [0.1, 0.15) is 46.8 Å². The fraction of sp³-hybridized carbons (Fsp3) is 0.231. The minimum absolute atomic E-state index is 0.234. The van der Waals surface area contributed by atoms with Gasteiger partial charge in [0, 0.05) is 6.21 Å². The lowest BCUT2D eigenvalue weighted by molar-refractivity contribution is 0.0696. The Hall–Kier alpha value is -3.60. The standard InChI is InChI=1S/C26H27NO4/c1-3-4-6-19-9-12-23(13-10-19)27-17-20-11-14-24(25(16-20)30-2)31-18-21-7-5-8-22(15-21)26(28)29/h5,7-17H,3-4,6,18H2,1-2H3,(H,28,29). The van der Waals surface area contributed by atoms with Crippen molar-refractivity contribution in [1.29, 1.82) is 0 Å². The quantitative estimate of drug-likeness (QED) is 0.407. The third-order valence-electron chi connectivity index (χ3n) is 4.87. The monoisotopic (exact) mass is 417 g/mol. The van der Waals surface area contributed by atoms with Gasteiger partial charge in [-0.05, 0) is 72.0 Å². The van der Waals surface area contributed by atoms with Crippen molar-refractivity contribution in [1.82, 2.24) is 0 Å². The van der Waals surface area contributed by atoms with Crippen molar-refractivity contribution in [2.45, 2.75) is 32.8 Å². The molecule has 0 saturated carbocycles. The van der Waals surface area contributed by atoms with Crippen LogP contribution in [0.2, 0.25) is 0 Å². The highest BCUT2D eigenvalue weighted by Crippen LogP contribution is 2.28. The lowest BCUT2D eigenvalue weighted by Crippen LogP contribution is -2.01. The molecule has 1 N–H and O–H groups in total.